The lowest BCUT2D eigenvalue weighted by Gasteiger charge is -2.25. The van der Waals surface area contributed by atoms with Crippen LogP contribution in [-0.4, -0.2) is 48.3 Å². The molecule has 1 saturated heterocycles. The first-order valence-corrected chi connectivity index (χ1v) is 9.32. The molecule has 1 unspecified atom stereocenters. The second-order valence-electron chi connectivity index (χ2n) is 6.44. The molecule has 2 rings (SSSR count). The smallest absolute Gasteiger partial charge is 0.247 e. The Hall–Kier alpha value is -0.920. The summed E-state index contributed by atoms with van der Waals surface area (Å²) in [6.07, 6.45) is 0.720. The van der Waals surface area contributed by atoms with Gasteiger partial charge in [-0.25, -0.2) is 8.42 Å². The van der Waals surface area contributed by atoms with E-state index in [1.54, 1.807) is 11.2 Å². The van der Waals surface area contributed by atoms with E-state index in [-0.39, 0.29) is 6.04 Å². The minimum absolute atomic E-state index is 0.0558. The van der Waals surface area contributed by atoms with Gasteiger partial charge < -0.3 is 4.74 Å². The molecule has 1 aliphatic rings. The number of ether oxygens (including phenoxy) is 1. The van der Waals surface area contributed by atoms with Gasteiger partial charge in [-0.1, -0.05) is 13.8 Å². The molecule has 0 amide bonds. The highest BCUT2D eigenvalue weighted by Crippen LogP contribution is 2.27. The van der Waals surface area contributed by atoms with Gasteiger partial charge in [0, 0.05) is 25.7 Å². The van der Waals surface area contributed by atoms with Gasteiger partial charge in [-0.2, -0.15) is 9.40 Å². The molecule has 6 nitrogen and oxygen atoms in total. The summed E-state index contributed by atoms with van der Waals surface area (Å²) in [4.78, 5) is 0.363. The van der Waals surface area contributed by atoms with Crippen molar-refractivity contribution in [1.82, 2.24) is 14.1 Å². The van der Waals surface area contributed by atoms with Crippen LogP contribution in [0.5, 0.6) is 0 Å². The Kier molecular flexibility index (Phi) is 5.29. The predicted octanol–water partition coefficient (Wildman–Crippen LogP) is 1.96. The van der Waals surface area contributed by atoms with Gasteiger partial charge in [-0.15, -0.1) is 0 Å². The van der Waals surface area contributed by atoms with Gasteiger partial charge in [0.15, 0.2) is 0 Å². The van der Waals surface area contributed by atoms with Crippen LogP contribution in [0.25, 0.3) is 0 Å². The molecule has 1 atom stereocenters. The predicted molar refractivity (Wildman–Crippen MR) is 85.3 cm³/mol. The summed E-state index contributed by atoms with van der Waals surface area (Å²) in [6.45, 7) is 11.9. The van der Waals surface area contributed by atoms with Crippen molar-refractivity contribution in [3.8, 4) is 0 Å². The first kappa shape index (κ1) is 17.4. The van der Waals surface area contributed by atoms with Crippen molar-refractivity contribution in [2.24, 2.45) is 5.92 Å². The molecular formula is C15H27N3O3S. The van der Waals surface area contributed by atoms with E-state index >= 15 is 0 Å². The number of sulfonamides is 1. The number of nitrogens with zero attached hydrogens (tertiary/aromatic N) is 3. The minimum Gasteiger partial charge on any atom is -0.380 e. The summed E-state index contributed by atoms with van der Waals surface area (Å²) >= 11 is 0. The normalized spacial score (nSPS) is 21.3. The average Bonchev–Trinajstić information content (AvgIpc) is 2.58. The first-order chi connectivity index (χ1) is 10.2. The number of rotatable bonds is 4. The summed E-state index contributed by atoms with van der Waals surface area (Å²) in [5, 5.41) is 4.44. The zero-order chi connectivity index (χ0) is 16.5. The monoisotopic (exact) mass is 329 g/mol. The van der Waals surface area contributed by atoms with Crippen LogP contribution in [0.15, 0.2) is 4.90 Å². The quantitative estimate of drug-likeness (QED) is 0.847. The molecule has 1 aromatic heterocycles. The Morgan fingerprint density at radius 3 is 2.64 bits per heavy atom. The van der Waals surface area contributed by atoms with Crippen LogP contribution in [0.2, 0.25) is 0 Å². The Labute approximate surface area is 133 Å². The van der Waals surface area contributed by atoms with Crippen LogP contribution in [-0.2, 0) is 21.3 Å². The molecule has 0 saturated carbocycles. The lowest BCUT2D eigenvalue weighted by molar-refractivity contribution is 0.148. The molecule has 0 bridgehead atoms. The second kappa shape index (κ2) is 6.68. The molecule has 7 heteroatoms. The van der Waals surface area contributed by atoms with E-state index in [1.165, 1.54) is 0 Å². The third-order valence-electron chi connectivity index (χ3n) is 4.05. The van der Waals surface area contributed by atoms with Crippen LogP contribution >= 0.6 is 0 Å². The van der Waals surface area contributed by atoms with Crippen LogP contribution in [0.3, 0.4) is 0 Å². The molecule has 126 valence electrons. The van der Waals surface area contributed by atoms with E-state index in [0.29, 0.717) is 36.3 Å². The van der Waals surface area contributed by atoms with Crippen molar-refractivity contribution >= 4 is 10.0 Å². The lowest BCUT2D eigenvalue weighted by Crippen LogP contribution is -2.39. The third-order valence-corrected chi connectivity index (χ3v) is 6.31. The fourth-order valence-electron chi connectivity index (χ4n) is 2.93. The number of aromatic nitrogens is 2. The third kappa shape index (κ3) is 3.36. The average molecular weight is 329 g/mol. The molecule has 1 fully saturated rings. The van der Waals surface area contributed by atoms with Crippen LogP contribution in [0.1, 0.15) is 38.6 Å². The highest BCUT2D eigenvalue weighted by molar-refractivity contribution is 7.89. The molecule has 0 spiro atoms. The molecule has 1 aromatic rings. The minimum atomic E-state index is -3.54. The van der Waals surface area contributed by atoms with E-state index < -0.39 is 10.0 Å². The fourth-order valence-corrected chi connectivity index (χ4v) is 4.95. The topological polar surface area (TPSA) is 64.4 Å². The summed E-state index contributed by atoms with van der Waals surface area (Å²) in [5.41, 5.74) is 1.30. The van der Waals surface area contributed by atoms with E-state index in [0.717, 1.165) is 18.7 Å². The molecular weight excluding hydrogens is 302 g/mol. The van der Waals surface area contributed by atoms with Crippen LogP contribution in [0, 0.1) is 19.8 Å². The highest BCUT2D eigenvalue weighted by atomic mass is 32.2. The second-order valence-corrected chi connectivity index (χ2v) is 8.27. The van der Waals surface area contributed by atoms with Gasteiger partial charge in [-0.3, -0.25) is 4.68 Å². The number of hydrogen-bond donors (Lipinski definition) is 0. The van der Waals surface area contributed by atoms with Gasteiger partial charge in [0.1, 0.15) is 4.90 Å². The number of hydrogen-bond acceptors (Lipinski definition) is 4. The van der Waals surface area contributed by atoms with Crippen molar-refractivity contribution in [2.45, 2.75) is 58.5 Å². The van der Waals surface area contributed by atoms with Gasteiger partial charge in [0.2, 0.25) is 10.0 Å². The van der Waals surface area contributed by atoms with Crippen LogP contribution < -0.4 is 0 Å². The van der Waals surface area contributed by atoms with E-state index in [2.05, 4.69) is 18.9 Å². The zero-order valence-corrected chi connectivity index (χ0v) is 15.0. The molecule has 2 heterocycles. The maximum Gasteiger partial charge on any atom is 0.247 e. The first-order valence-electron chi connectivity index (χ1n) is 7.88. The molecule has 0 N–H and O–H groups in total. The van der Waals surface area contributed by atoms with Crippen molar-refractivity contribution in [3.05, 3.63) is 11.4 Å². The molecule has 0 radical (unpaired) electrons. The maximum atomic E-state index is 13.1. The largest absolute Gasteiger partial charge is 0.380 e. The van der Waals surface area contributed by atoms with Gasteiger partial charge in [0.05, 0.1) is 18.0 Å². The van der Waals surface area contributed by atoms with Crippen molar-refractivity contribution in [3.63, 3.8) is 0 Å². The Bertz CT molecular complexity index is 622. The Balaban J connectivity index is 2.42. The summed E-state index contributed by atoms with van der Waals surface area (Å²) < 4.78 is 35.0. The zero-order valence-electron chi connectivity index (χ0n) is 14.2. The summed E-state index contributed by atoms with van der Waals surface area (Å²) in [6, 6.07) is -0.0558. The Morgan fingerprint density at radius 2 is 2.00 bits per heavy atom. The SMILES string of the molecule is Cc1nn(CC(C)C)c(C)c1S(=O)(=O)N1CCOCCC1C. The van der Waals surface area contributed by atoms with Crippen molar-refractivity contribution < 1.29 is 13.2 Å². The van der Waals surface area contributed by atoms with Gasteiger partial charge in [0.25, 0.3) is 0 Å². The van der Waals surface area contributed by atoms with Gasteiger partial charge >= 0.3 is 0 Å². The van der Waals surface area contributed by atoms with Crippen molar-refractivity contribution in [2.75, 3.05) is 19.8 Å². The van der Waals surface area contributed by atoms with E-state index in [4.69, 9.17) is 4.74 Å². The molecule has 1 aliphatic heterocycles. The molecule has 0 aromatic carbocycles. The Morgan fingerprint density at radius 1 is 1.32 bits per heavy atom. The van der Waals surface area contributed by atoms with E-state index in [9.17, 15) is 8.42 Å². The van der Waals surface area contributed by atoms with Crippen molar-refractivity contribution in [1.29, 1.82) is 0 Å². The summed E-state index contributed by atoms with van der Waals surface area (Å²) in [5.74, 6) is 0.416. The molecule has 0 aliphatic carbocycles. The number of aryl methyl sites for hydroxylation is 1. The fraction of sp³-hybridized carbons (Fsp3) is 0.800. The summed E-state index contributed by atoms with van der Waals surface area (Å²) in [7, 11) is -3.54. The van der Waals surface area contributed by atoms with E-state index in [1.807, 2.05) is 18.5 Å². The highest BCUT2D eigenvalue weighted by Gasteiger charge is 2.34. The molecule has 22 heavy (non-hydrogen) atoms. The lowest BCUT2D eigenvalue weighted by atomic mass is 10.2. The van der Waals surface area contributed by atoms with Crippen LogP contribution in [0.4, 0.5) is 0 Å². The maximum absolute atomic E-state index is 13.1. The standard InChI is InChI=1S/C15H27N3O3S/c1-11(2)10-17-14(5)15(13(4)16-17)22(19,20)18-7-9-21-8-6-12(18)3/h11-12H,6-10H2,1-5H3. The van der Waals surface area contributed by atoms with Gasteiger partial charge in [-0.05, 0) is 33.1 Å².